The third-order valence-corrected chi connectivity index (χ3v) is 5.50. The summed E-state index contributed by atoms with van der Waals surface area (Å²) in [6.07, 6.45) is 1.33. The fourth-order valence-electron chi connectivity index (χ4n) is 3.55. The van der Waals surface area contributed by atoms with E-state index in [1.807, 2.05) is 24.3 Å². The number of benzene rings is 2. The summed E-state index contributed by atoms with van der Waals surface area (Å²) < 4.78 is 13.8. The Labute approximate surface area is 146 Å². The van der Waals surface area contributed by atoms with E-state index in [0.29, 0.717) is 16.5 Å². The van der Waals surface area contributed by atoms with Gasteiger partial charge in [-0.3, -0.25) is 9.69 Å². The van der Waals surface area contributed by atoms with Crippen molar-refractivity contribution in [2.24, 2.45) is 0 Å². The molecule has 0 aromatic heterocycles. The highest BCUT2D eigenvalue weighted by atomic mass is 79.9. The number of hydrogen-bond donors (Lipinski definition) is 1. The molecule has 4 rings (SSSR count). The summed E-state index contributed by atoms with van der Waals surface area (Å²) >= 11 is 3.29. The second kappa shape index (κ2) is 5.41. The van der Waals surface area contributed by atoms with Crippen LogP contribution in [0.3, 0.4) is 0 Å². The molecule has 3 amide bonds. The van der Waals surface area contributed by atoms with E-state index < -0.39 is 11.6 Å². The van der Waals surface area contributed by atoms with Crippen molar-refractivity contribution in [1.29, 1.82) is 0 Å². The van der Waals surface area contributed by atoms with Crippen LogP contribution in [0.1, 0.15) is 23.1 Å². The summed E-state index contributed by atoms with van der Waals surface area (Å²) in [7, 11) is 0. The van der Waals surface area contributed by atoms with Crippen LogP contribution in [0.2, 0.25) is 0 Å². The standard InChI is InChI=1S/C18H14BrFN2O2/c19-15-9-13(20)6-5-12(15)10-22-16(23)18(21-17(22)24)8-7-11-3-1-2-4-14(11)18/h1-6,9H,7-8,10H2,(H,21,24)/t18-/m0/s1. The molecule has 6 heteroatoms. The normalized spacial score (nSPS) is 22.2. The van der Waals surface area contributed by atoms with Crippen LogP contribution >= 0.6 is 15.9 Å². The van der Waals surface area contributed by atoms with E-state index in [9.17, 15) is 14.0 Å². The van der Waals surface area contributed by atoms with Gasteiger partial charge in [-0.05, 0) is 41.7 Å². The lowest BCUT2D eigenvalue weighted by Crippen LogP contribution is -2.41. The van der Waals surface area contributed by atoms with Gasteiger partial charge in [-0.2, -0.15) is 0 Å². The average Bonchev–Trinajstić information content (AvgIpc) is 3.04. The van der Waals surface area contributed by atoms with E-state index >= 15 is 0 Å². The van der Waals surface area contributed by atoms with Gasteiger partial charge in [0.15, 0.2) is 0 Å². The maximum atomic E-state index is 13.2. The van der Waals surface area contributed by atoms with E-state index in [-0.39, 0.29) is 18.3 Å². The number of carbonyl (C=O) groups is 2. The first-order valence-corrected chi connectivity index (χ1v) is 8.47. The van der Waals surface area contributed by atoms with Gasteiger partial charge in [0.05, 0.1) is 6.54 Å². The van der Waals surface area contributed by atoms with E-state index in [1.165, 1.54) is 17.0 Å². The number of nitrogens with one attached hydrogen (secondary N) is 1. The molecule has 1 heterocycles. The van der Waals surface area contributed by atoms with Gasteiger partial charge in [0.2, 0.25) is 0 Å². The monoisotopic (exact) mass is 388 g/mol. The molecule has 1 fully saturated rings. The predicted molar refractivity (Wildman–Crippen MR) is 89.6 cm³/mol. The number of halogens is 2. The first-order chi connectivity index (χ1) is 11.5. The van der Waals surface area contributed by atoms with Crippen molar-refractivity contribution >= 4 is 27.9 Å². The fourth-order valence-corrected chi connectivity index (χ4v) is 4.03. The summed E-state index contributed by atoms with van der Waals surface area (Å²) in [5, 5.41) is 2.88. The molecule has 2 aromatic carbocycles. The SMILES string of the molecule is O=C1N[C@]2(CCc3ccccc32)C(=O)N1Cc1ccc(F)cc1Br. The molecule has 4 nitrogen and oxygen atoms in total. The van der Waals surface area contributed by atoms with E-state index in [0.717, 1.165) is 17.5 Å². The number of fused-ring (bicyclic) bond motifs is 2. The summed E-state index contributed by atoms with van der Waals surface area (Å²) in [4.78, 5) is 26.7. The Kier molecular flexibility index (Phi) is 3.46. The Morgan fingerprint density at radius 2 is 2.00 bits per heavy atom. The van der Waals surface area contributed by atoms with Crippen LogP contribution < -0.4 is 5.32 Å². The van der Waals surface area contributed by atoms with Gasteiger partial charge in [-0.25, -0.2) is 9.18 Å². The molecule has 1 spiro atoms. The average molecular weight is 389 g/mol. The van der Waals surface area contributed by atoms with Crippen molar-refractivity contribution in [3.8, 4) is 0 Å². The number of rotatable bonds is 2. The van der Waals surface area contributed by atoms with Gasteiger partial charge in [-0.15, -0.1) is 0 Å². The molecule has 1 aliphatic heterocycles. The fraction of sp³-hybridized carbons (Fsp3) is 0.222. The van der Waals surface area contributed by atoms with Crippen molar-refractivity contribution < 1.29 is 14.0 Å². The van der Waals surface area contributed by atoms with Crippen LogP contribution in [0, 0.1) is 5.82 Å². The highest BCUT2D eigenvalue weighted by Gasteiger charge is 2.55. The van der Waals surface area contributed by atoms with Crippen LogP contribution in [0.5, 0.6) is 0 Å². The number of nitrogens with zero attached hydrogens (tertiary/aromatic N) is 1. The molecule has 122 valence electrons. The van der Waals surface area contributed by atoms with Crippen molar-refractivity contribution in [3.63, 3.8) is 0 Å². The first-order valence-electron chi connectivity index (χ1n) is 7.68. The second-order valence-electron chi connectivity index (χ2n) is 6.12. The Morgan fingerprint density at radius 1 is 1.21 bits per heavy atom. The van der Waals surface area contributed by atoms with Crippen LogP contribution in [-0.2, 0) is 23.3 Å². The zero-order valence-electron chi connectivity index (χ0n) is 12.7. The molecule has 0 saturated carbocycles. The third-order valence-electron chi connectivity index (χ3n) is 4.77. The number of amides is 3. The summed E-state index contributed by atoms with van der Waals surface area (Å²) in [5.74, 6) is -0.613. The number of hydrogen-bond acceptors (Lipinski definition) is 2. The molecular weight excluding hydrogens is 375 g/mol. The lowest BCUT2D eigenvalue weighted by atomic mass is 9.92. The molecule has 0 unspecified atom stereocenters. The molecule has 1 atom stereocenters. The molecule has 2 aliphatic rings. The molecule has 2 aromatic rings. The number of imide groups is 1. The van der Waals surface area contributed by atoms with Gasteiger partial charge >= 0.3 is 6.03 Å². The minimum Gasteiger partial charge on any atom is -0.319 e. The van der Waals surface area contributed by atoms with Crippen LogP contribution in [0.4, 0.5) is 9.18 Å². The van der Waals surface area contributed by atoms with Crippen LogP contribution in [0.15, 0.2) is 46.9 Å². The lowest BCUT2D eigenvalue weighted by molar-refractivity contribution is -0.132. The lowest BCUT2D eigenvalue weighted by Gasteiger charge is -2.22. The Balaban J connectivity index is 1.68. The topological polar surface area (TPSA) is 49.4 Å². The molecule has 1 aliphatic carbocycles. The van der Waals surface area contributed by atoms with Crippen molar-refractivity contribution in [1.82, 2.24) is 10.2 Å². The molecule has 1 saturated heterocycles. The highest BCUT2D eigenvalue weighted by Crippen LogP contribution is 2.41. The molecule has 0 bridgehead atoms. The second-order valence-corrected chi connectivity index (χ2v) is 6.97. The number of aryl methyl sites for hydroxylation is 1. The van der Waals surface area contributed by atoms with Gasteiger partial charge in [0.1, 0.15) is 11.4 Å². The van der Waals surface area contributed by atoms with E-state index in [1.54, 1.807) is 6.07 Å². The molecule has 0 radical (unpaired) electrons. The predicted octanol–water partition coefficient (Wildman–Crippen LogP) is 3.48. The molecule has 24 heavy (non-hydrogen) atoms. The molecular formula is C18H14BrFN2O2. The minimum atomic E-state index is -0.958. The molecule has 1 N–H and O–H groups in total. The van der Waals surface area contributed by atoms with E-state index in [4.69, 9.17) is 0 Å². The number of carbonyl (C=O) groups excluding carboxylic acids is 2. The van der Waals surface area contributed by atoms with Gasteiger partial charge < -0.3 is 5.32 Å². The maximum Gasteiger partial charge on any atom is 0.325 e. The Hall–Kier alpha value is -2.21. The Morgan fingerprint density at radius 3 is 2.79 bits per heavy atom. The van der Waals surface area contributed by atoms with Crippen LogP contribution in [-0.4, -0.2) is 16.8 Å². The zero-order valence-corrected chi connectivity index (χ0v) is 14.3. The first kappa shape index (κ1) is 15.3. The van der Waals surface area contributed by atoms with Gasteiger partial charge in [0.25, 0.3) is 5.91 Å². The van der Waals surface area contributed by atoms with E-state index in [2.05, 4.69) is 21.2 Å². The summed E-state index contributed by atoms with van der Waals surface area (Å²) in [6.45, 7) is 0.107. The minimum absolute atomic E-state index is 0.107. The largest absolute Gasteiger partial charge is 0.325 e. The number of urea groups is 1. The van der Waals surface area contributed by atoms with Crippen molar-refractivity contribution in [3.05, 3.63) is 69.4 Å². The van der Waals surface area contributed by atoms with Gasteiger partial charge in [0, 0.05) is 4.47 Å². The Bertz CT molecular complexity index is 870. The zero-order chi connectivity index (χ0) is 16.9. The quantitative estimate of drug-likeness (QED) is 0.800. The van der Waals surface area contributed by atoms with Gasteiger partial charge in [-0.1, -0.05) is 46.3 Å². The van der Waals surface area contributed by atoms with Crippen molar-refractivity contribution in [2.75, 3.05) is 0 Å². The van der Waals surface area contributed by atoms with Crippen LogP contribution in [0.25, 0.3) is 0 Å². The third kappa shape index (κ3) is 2.17. The highest BCUT2D eigenvalue weighted by molar-refractivity contribution is 9.10. The summed E-state index contributed by atoms with van der Waals surface area (Å²) in [6, 6.07) is 11.5. The van der Waals surface area contributed by atoms with Crippen molar-refractivity contribution in [2.45, 2.75) is 24.9 Å². The maximum absolute atomic E-state index is 13.2. The smallest absolute Gasteiger partial charge is 0.319 e. The summed E-state index contributed by atoms with van der Waals surface area (Å²) in [5.41, 5.74) is 1.70.